The van der Waals surface area contributed by atoms with E-state index in [4.69, 9.17) is 0 Å². The van der Waals surface area contributed by atoms with Gasteiger partial charge in [0.15, 0.2) is 0 Å². The third kappa shape index (κ3) is 4.08. The molecule has 1 fully saturated rings. The maximum Gasteiger partial charge on any atom is 0.221 e. The Morgan fingerprint density at radius 2 is 2.00 bits per heavy atom. The smallest absolute Gasteiger partial charge is 0.221 e. The molecule has 94 valence electrons. The van der Waals surface area contributed by atoms with Gasteiger partial charge < -0.3 is 20.8 Å². The molecule has 0 aromatic heterocycles. The summed E-state index contributed by atoms with van der Waals surface area (Å²) in [7, 11) is 0. The Kier molecular flexibility index (Phi) is 5.18. The van der Waals surface area contributed by atoms with Crippen molar-refractivity contribution in [2.24, 2.45) is 0 Å². The highest BCUT2D eigenvalue weighted by atomic mass is 16.3. The fraction of sp³-hybridized carbons (Fsp3) is 0.909. The van der Waals surface area contributed by atoms with Crippen molar-refractivity contribution in [3.63, 3.8) is 0 Å². The van der Waals surface area contributed by atoms with Crippen molar-refractivity contribution in [1.29, 1.82) is 0 Å². The molecule has 4 N–H and O–H groups in total. The van der Waals surface area contributed by atoms with Crippen molar-refractivity contribution in [2.75, 3.05) is 19.8 Å². The molecule has 0 aromatic carbocycles. The highest BCUT2D eigenvalue weighted by Crippen LogP contribution is 2.18. The van der Waals surface area contributed by atoms with Crippen LogP contribution >= 0.6 is 0 Å². The summed E-state index contributed by atoms with van der Waals surface area (Å²) in [6.45, 7) is 2.13. The first-order valence-electron chi connectivity index (χ1n) is 5.92. The Morgan fingerprint density at radius 1 is 1.38 bits per heavy atom. The molecule has 0 aliphatic heterocycles. The molecule has 16 heavy (non-hydrogen) atoms. The molecule has 1 aliphatic carbocycles. The van der Waals surface area contributed by atoms with Gasteiger partial charge in [0.05, 0.1) is 18.8 Å². The van der Waals surface area contributed by atoms with Crippen LogP contribution < -0.4 is 10.6 Å². The molecule has 0 unspecified atom stereocenters. The highest BCUT2D eigenvalue weighted by Gasteiger charge is 2.26. The first-order valence-corrected chi connectivity index (χ1v) is 5.92. The van der Waals surface area contributed by atoms with Crippen LogP contribution in [0.4, 0.5) is 0 Å². The molecular formula is C11H22N2O3. The van der Waals surface area contributed by atoms with Crippen molar-refractivity contribution in [1.82, 2.24) is 10.6 Å². The normalized spacial score (nSPS) is 16.2. The van der Waals surface area contributed by atoms with Crippen LogP contribution in [0.5, 0.6) is 0 Å². The summed E-state index contributed by atoms with van der Waals surface area (Å²) in [5, 5.41) is 24.3. The van der Waals surface area contributed by atoms with Crippen molar-refractivity contribution in [3.05, 3.63) is 0 Å². The van der Waals surface area contributed by atoms with Crippen molar-refractivity contribution < 1.29 is 15.0 Å². The SMILES string of the molecule is CCC(CO)(CO)NCCC(=O)NC1CC1. The van der Waals surface area contributed by atoms with Crippen LogP contribution in [-0.4, -0.2) is 47.5 Å². The standard InChI is InChI=1S/C11H22N2O3/c1-2-11(7-14,8-15)12-6-5-10(16)13-9-3-4-9/h9,12,14-15H,2-8H2,1H3,(H,13,16). The van der Waals surface area contributed by atoms with Crippen LogP contribution in [0.1, 0.15) is 32.6 Å². The summed E-state index contributed by atoms with van der Waals surface area (Å²) in [4.78, 5) is 11.4. The lowest BCUT2D eigenvalue weighted by Crippen LogP contribution is -2.52. The lowest BCUT2D eigenvalue weighted by Gasteiger charge is -2.29. The molecule has 1 saturated carbocycles. The van der Waals surface area contributed by atoms with Gasteiger partial charge in [0, 0.05) is 19.0 Å². The van der Waals surface area contributed by atoms with E-state index >= 15 is 0 Å². The number of rotatable bonds is 8. The number of nitrogens with one attached hydrogen (secondary N) is 2. The Balaban J connectivity index is 2.18. The van der Waals surface area contributed by atoms with Crippen LogP contribution in [0, 0.1) is 0 Å². The van der Waals surface area contributed by atoms with Crippen LogP contribution in [0.15, 0.2) is 0 Å². The first kappa shape index (κ1) is 13.4. The number of aliphatic hydroxyl groups is 2. The quantitative estimate of drug-likeness (QED) is 0.448. The van der Waals surface area contributed by atoms with Gasteiger partial charge in [0.25, 0.3) is 0 Å². The number of hydrogen-bond acceptors (Lipinski definition) is 4. The molecule has 0 heterocycles. The molecular weight excluding hydrogens is 208 g/mol. The Morgan fingerprint density at radius 3 is 2.44 bits per heavy atom. The van der Waals surface area contributed by atoms with Gasteiger partial charge in [-0.3, -0.25) is 4.79 Å². The van der Waals surface area contributed by atoms with E-state index in [0.29, 0.717) is 25.4 Å². The van der Waals surface area contributed by atoms with Gasteiger partial charge in [-0.05, 0) is 19.3 Å². The predicted molar refractivity (Wildman–Crippen MR) is 61.0 cm³/mol. The van der Waals surface area contributed by atoms with Gasteiger partial charge in [-0.1, -0.05) is 6.92 Å². The monoisotopic (exact) mass is 230 g/mol. The summed E-state index contributed by atoms with van der Waals surface area (Å²) in [6, 6.07) is 0.388. The average Bonchev–Trinajstić information content (AvgIpc) is 3.09. The maximum absolute atomic E-state index is 11.4. The zero-order valence-electron chi connectivity index (χ0n) is 9.83. The summed E-state index contributed by atoms with van der Waals surface area (Å²) >= 11 is 0. The fourth-order valence-corrected chi connectivity index (χ4v) is 1.48. The Bertz CT molecular complexity index is 217. The summed E-state index contributed by atoms with van der Waals surface area (Å²) < 4.78 is 0. The second kappa shape index (κ2) is 6.18. The molecule has 5 nitrogen and oxygen atoms in total. The molecule has 5 heteroatoms. The molecule has 1 amide bonds. The predicted octanol–water partition coefficient (Wildman–Crippen LogP) is -0.622. The molecule has 0 aromatic rings. The van der Waals surface area contributed by atoms with E-state index < -0.39 is 5.54 Å². The molecule has 1 aliphatic rings. The Labute approximate surface area is 96.2 Å². The van der Waals surface area contributed by atoms with E-state index in [1.54, 1.807) is 0 Å². The van der Waals surface area contributed by atoms with Crippen LogP contribution in [0.25, 0.3) is 0 Å². The molecule has 0 spiro atoms. The maximum atomic E-state index is 11.4. The average molecular weight is 230 g/mol. The number of carbonyl (C=O) groups is 1. The molecule has 0 atom stereocenters. The summed E-state index contributed by atoms with van der Waals surface area (Å²) in [6.07, 6.45) is 3.19. The van der Waals surface area contributed by atoms with Crippen LogP contribution in [0.2, 0.25) is 0 Å². The van der Waals surface area contributed by atoms with Gasteiger partial charge in [-0.25, -0.2) is 0 Å². The fourth-order valence-electron chi connectivity index (χ4n) is 1.48. The molecule has 0 saturated heterocycles. The third-order valence-corrected chi connectivity index (χ3v) is 3.08. The largest absolute Gasteiger partial charge is 0.394 e. The highest BCUT2D eigenvalue weighted by molar-refractivity contribution is 5.76. The lowest BCUT2D eigenvalue weighted by molar-refractivity contribution is -0.121. The number of aliphatic hydroxyl groups excluding tert-OH is 2. The van der Waals surface area contributed by atoms with E-state index in [2.05, 4.69) is 10.6 Å². The number of amides is 1. The first-order chi connectivity index (χ1) is 7.65. The topological polar surface area (TPSA) is 81.6 Å². The Hall–Kier alpha value is -0.650. The number of carbonyl (C=O) groups excluding carboxylic acids is 1. The molecule has 0 radical (unpaired) electrons. The van der Waals surface area contributed by atoms with E-state index in [0.717, 1.165) is 12.8 Å². The van der Waals surface area contributed by atoms with E-state index in [-0.39, 0.29) is 19.1 Å². The molecule has 0 bridgehead atoms. The van der Waals surface area contributed by atoms with Gasteiger partial charge in [-0.15, -0.1) is 0 Å². The van der Waals surface area contributed by atoms with Gasteiger partial charge in [0.2, 0.25) is 5.91 Å². The van der Waals surface area contributed by atoms with Crippen molar-refractivity contribution in [3.8, 4) is 0 Å². The van der Waals surface area contributed by atoms with Crippen molar-refractivity contribution in [2.45, 2.75) is 44.2 Å². The lowest BCUT2D eigenvalue weighted by atomic mass is 9.98. The minimum absolute atomic E-state index is 0.0379. The van der Waals surface area contributed by atoms with Gasteiger partial charge >= 0.3 is 0 Å². The van der Waals surface area contributed by atoms with Crippen LogP contribution in [-0.2, 0) is 4.79 Å². The second-order valence-corrected chi connectivity index (χ2v) is 4.47. The van der Waals surface area contributed by atoms with Crippen molar-refractivity contribution >= 4 is 5.91 Å². The molecule has 1 rings (SSSR count). The van der Waals surface area contributed by atoms with E-state index in [1.165, 1.54) is 0 Å². The van der Waals surface area contributed by atoms with Crippen LogP contribution in [0.3, 0.4) is 0 Å². The third-order valence-electron chi connectivity index (χ3n) is 3.08. The summed E-state index contributed by atoms with van der Waals surface area (Å²) in [5.74, 6) is 0.0379. The zero-order valence-corrected chi connectivity index (χ0v) is 9.83. The minimum atomic E-state index is -0.653. The second-order valence-electron chi connectivity index (χ2n) is 4.47. The zero-order chi connectivity index (χ0) is 12.0. The minimum Gasteiger partial charge on any atom is -0.394 e. The van der Waals surface area contributed by atoms with Gasteiger partial charge in [0.1, 0.15) is 0 Å². The number of hydrogen-bond donors (Lipinski definition) is 4. The summed E-state index contributed by atoms with van der Waals surface area (Å²) in [5.41, 5.74) is -0.653. The van der Waals surface area contributed by atoms with Gasteiger partial charge in [-0.2, -0.15) is 0 Å². The van der Waals surface area contributed by atoms with E-state index in [9.17, 15) is 15.0 Å². The van der Waals surface area contributed by atoms with E-state index in [1.807, 2.05) is 6.92 Å².